The topological polar surface area (TPSA) is 119 Å². The summed E-state index contributed by atoms with van der Waals surface area (Å²) in [4.78, 5) is 21.1. The average Bonchev–Trinajstić information content (AvgIpc) is 2.91. The van der Waals surface area contributed by atoms with Crippen molar-refractivity contribution >= 4 is 23.1 Å². The van der Waals surface area contributed by atoms with Gasteiger partial charge in [-0.05, 0) is 13.1 Å². The molecule has 9 heteroatoms. The molecule has 3 rings (SSSR count). The third-order valence-corrected chi connectivity index (χ3v) is 3.40. The van der Waals surface area contributed by atoms with Gasteiger partial charge in [-0.25, -0.2) is 9.50 Å². The number of ether oxygens (including phenoxy) is 1. The predicted molar refractivity (Wildman–Crippen MR) is 88.9 cm³/mol. The Hall–Kier alpha value is -3.20. The van der Waals surface area contributed by atoms with Crippen LogP contribution in [0.2, 0.25) is 0 Å². The highest BCUT2D eigenvalue weighted by molar-refractivity contribution is 6.11. The lowest BCUT2D eigenvalue weighted by molar-refractivity contribution is 0.102. The van der Waals surface area contributed by atoms with Crippen molar-refractivity contribution in [1.29, 1.82) is 0 Å². The highest BCUT2D eigenvalue weighted by Crippen LogP contribution is 2.24. The lowest BCUT2D eigenvalue weighted by atomic mass is 10.2. The molecule has 0 saturated carbocycles. The first-order chi connectivity index (χ1) is 11.6. The monoisotopic (exact) mass is 327 g/mol. The first-order valence-corrected chi connectivity index (χ1v) is 7.21. The van der Waals surface area contributed by atoms with Crippen LogP contribution in [0.25, 0.3) is 5.65 Å². The molecule has 0 atom stereocenters. The second-order valence-corrected chi connectivity index (χ2v) is 5.01. The number of carbonyl (C=O) groups is 1. The molecule has 0 aliphatic carbocycles. The fourth-order valence-corrected chi connectivity index (χ4v) is 2.32. The zero-order valence-corrected chi connectivity index (χ0v) is 13.3. The molecule has 1 amide bonds. The number of anilines is 2. The zero-order valence-electron chi connectivity index (χ0n) is 13.3. The quantitative estimate of drug-likeness (QED) is 0.630. The van der Waals surface area contributed by atoms with E-state index < -0.39 is 5.91 Å². The van der Waals surface area contributed by atoms with Crippen molar-refractivity contribution in [3.05, 3.63) is 42.0 Å². The largest absolute Gasteiger partial charge is 0.494 e. The molecule has 3 heterocycles. The average molecular weight is 327 g/mol. The Morgan fingerprint density at radius 1 is 1.42 bits per heavy atom. The number of aromatic nitrogens is 4. The van der Waals surface area contributed by atoms with E-state index in [2.05, 4.69) is 25.7 Å². The second-order valence-electron chi connectivity index (χ2n) is 5.01. The summed E-state index contributed by atoms with van der Waals surface area (Å²) in [6.07, 6.45) is 4.79. The summed E-state index contributed by atoms with van der Waals surface area (Å²) in [6.45, 7) is 0.569. The summed E-state index contributed by atoms with van der Waals surface area (Å²) in [6, 6.07) is 3.46. The summed E-state index contributed by atoms with van der Waals surface area (Å²) in [7, 11) is 3.33. The first kappa shape index (κ1) is 15.7. The molecule has 3 aromatic rings. The minimum Gasteiger partial charge on any atom is -0.494 e. The van der Waals surface area contributed by atoms with Gasteiger partial charge in [0.2, 0.25) is 0 Å². The van der Waals surface area contributed by atoms with E-state index in [1.165, 1.54) is 17.8 Å². The normalized spacial score (nSPS) is 10.8. The van der Waals surface area contributed by atoms with Crippen LogP contribution in [0.4, 0.5) is 11.5 Å². The van der Waals surface area contributed by atoms with Gasteiger partial charge in [-0.1, -0.05) is 0 Å². The van der Waals surface area contributed by atoms with E-state index in [1.807, 2.05) is 13.1 Å². The predicted octanol–water partition coefficient (Wildman–Crippen LogP) is 0.687. The number of carbonyl (C=O) groups excluding carboxylic acids is 1. The van der Waals surface area contributed by atoms with E-state index in [-0.39, 0.29) is 11.4 Å². The highest BCUT2D eigenvalue weighted by Gasteiger charge is 2.21. The lowest BCUT2D eigenvalue weighted by Gasteiger charge is -2.09. The van der Waals surface area contributed by atoms with Crippen LogP contribution in [0.3, 0.4) is 0 Å². The SMILES string of the molecule is CNCc1ccn2nc(N)c(C(=O)Nc3cnccc3OC)c2n1. The smallest absolute Gasteiger partial charge is 0.263 e. The van der Waals surface area contributed by atoms with Crippen molar-refractivity contribution in [2.75, 3.05) is 25.2 Å². The van der Waals surface area contributed by atoms with Gasteiger partial charge in [0.25, 0.3) is 5.91 Å². The third-order valence-electron chi connectivity index (χ3n) is 3.40. The maximum absolute atomic E-state index is 12.7. The fourth-order valence-electron chi connectivity index (χ4n) is 2.32. The van der Waals surface area contributed by atoms with Crippen LogP contribution in [0, 0.1) is 0 Å². The van der Waals surface area contributed by atoms with E-state index in [0.29, 0.717) is 23.6 Å². The Labute approximate surface area is 137 Å². The molecule has 9 nitrogen and oxygen atoms in total. The number of hydrogen-bond donors (Lipinski definition) is 3. The van der Waals surface area contributed by atoms with Crippen molar-refractivity contribution in [3.63, 3.8) is 0 Å². The number of nitrogens with one attached hydrogen (secondary N) is 2. The number of nitrogens with zero attached hydrogens (tertiary/aromatic N) is 4. The molecule has 0 unspecified atom stereocenters. The van der Waals surface area contributed by atoms with Gasteiger partial charge in [0, 0.05) is 25.0 Å². The highest BCUT2D eigenvalue weighted by atomic mass is 16.5. The minimum absolute atomic E-state index is 0.101. The third kappa shape index (κ3) is 2.84. The molecule has 0 saturated heterocycles. The van der Waals surface area contributed by atoms with E-state index in [1.54, 1.807) is 18.5 Å². The Balaban J connectivity index is 1.99. The van der Waals surface area contributed by atoms with Crippen molar-refractivity contribution in [3.8, 4) is 5.75 Å². The number of nitrogen functional groups attached to an aromatic ring is 1. The molecule has 24 heavy (non-hydrogen) atoms. The molecular formula is C15H17N7O2. The van der Waals surface area contributed by atoms with E-state index >= 15 is 0 Å². The van der Waals surface area contributed by atoms with E-state index in [0.717, 1.165) is 5.69 Å². The van der Waals surface area contributed by atoms with Crippen LogP contribution in [0.1, 0.15) is 16.1 Å². The number of methoxy groups -OCH3 is 1. The molecule has 0 aliphatic heterocycles. The number of pyridine rings is 1. The number of rotatable bonds is 5. The molecule has 0 bridgehead atoms. The van der Waals surface area contributed by atoms with E-state index in [4.69, 9.17) is 10.5 Å². The Morgan fingerprint density at radius 3 is 3.00 bits per heavy atom. The van der Waals surface area contributed by atoms with Crippen LogP contribution in [0.15, 0.2) is 30.7 Å². The Bertz CT molecular complexity index is 891. The Kier molecular flexibility index (Phi) is 4.25. The molecule has 0 fully saturated rings. The molecule has 0 spiro atoms. The summed E-state index contributed by atoms with van der Waals surface area (Å²) < 4.78 is 6.68. The van der Waals surface area contributed by atoms with Gasteiger partial charge < -0.3 is 21.1 Å². The van der Waals surface area contributed by atoms with Crippen LogP contribution in [0.5, 0.6) is 5.75 Å². The van der Waals surface area contributed by atoms with Crippen LogP contribution >= 0.6 is 0 Å². The van der Waals surface area contributed by atoms with Gasteiger partial charge in [-0.15, -0.1) is 5.10 Å². The number of nitrogens with two attached hydrogens (primary N) is 1. The van der Waals surface area contributed by atoms with Crippen molar-refractivity contribution in [2.24, 2.45) is 0 Å². The van der Waals surface area contributed by atoms with Crippen molar-refractivity contribution in [2.45, 2.75) is 6.54 Å². The zero-order chi connectivity index (χ0) is 17.1. The summed E-state index contributed by atoms with van der Waals surface area (Å²) in [5, 5.41) is 9.87. The van der Waals surface area contributed by atoms with Crippen LogP contribution in [-0.4, -0.2) is 39.6 Å². The summed E-state index contributed by atoms with van der Waals surface area (Å²) in [5.41, 5.74) is 7.72. The first-order valence-electron chi connectivity index (χ1n) is 7.21. The summed E-state index contributed by atoms with van der Waals surface area (Å²) in [5.74, 6) is 0.171. The van der Waals surface area contributed by atoms with Gasteiger partial charge in [0.1, 0.15) is 17.0 Å². The summed E-state index contributed by atoms with van der Waals surface area (Å²) >= 11 is 0. The standard InChI is InChI=1S/C15H17N7O2/c1-17-7-9-4-6-22-14(19-9)12(13(16)21-22)15(23)20-10-8-18-5-3-11(10)24-2/h3-6,8,17H,7H2,1-2H3,(H2,16,21)(H,20,23). The van der Waals surface area contributed by atoms with Gasteiger partial charge in [0.05, 0.1) is 19.0 Å². The second kappa shape index (κ2) is 6.50. The maximum Gasteiger partial charge on any atom is 0.263 e. The van der Waals surface area contributed by atoms with Gasteiger partial charge in [-0.2, -0.15) is 0 Å². The number of fused-ring (bicyclic) bond motifs is 1. The lowest BCUT2D eigenvalue weighted by Crippen LogP contribution is -2.15. The Morgan fingerprint density at radius 2 is 2.25 bits per heavy atom. The number of hydrogen-bond acceptors (Lipinski definition) is 7. The molecule has 0 radical (unpaired) electrons. The van der Waals surface area contributed by atoms with Crippen LogP contribution in [-0.2, 0) is 6.54 Å². The molecule has 3 aromatic heterocycles. The van der Waals surface area contributed by atoms with Gasteiger partial charge >= 0.3 is 0 Å². The molecule has 4 N–H and O–H groups in total. The molecule has 0 aliphatic rings. The number of amides is 1. The fraction of sp³-hybridized carbons (Fsp3) is 0.200. The molecule has 0 aromatic carbocycles. The van der Waals surface area contributed by atoms with Gasteiger partial charge in [-0.3, -0.25) is 9.78 Å². The molecular weight excluding hydrogens is 310 g/mol. The van der Waals surface area contributed by atoms with E-state index in [9.17, 15) is 4.79 Å². The van der Waals surface area contributed by atoms with Crippen molar-refractivity contribution in [1.82, 2.24) is 24.9 Å². The van der Waals surface area contributed by atoms with Crippen LogP contribution < -0.4 is 21.1 Å². The van der Waals surface area contributed by atoms with Gasteiger partial charge in [0.15, 0.2) is 11.5 Å². The minimum atomic E-state index is -0.428. The van der Waals surface area contributed by atoms with Crippen molar-refractivity contribution < 1.29 is 9.53 Å². The molecule has 124 valence electrons. The maximum atomic E-state index is 12.7.